The standard InChI is InChI=1S/C15H13NO2S/c17-19(18,11-12-6-2-1-3-7-12)15-10-13-8-4-5-9-14(13)16-15/h1-10,16H,11H2. The number of aromatic nitrogens is 1. The minimum absolute atomic E-state index is 0.0145. The molecule has 0 aliphatic carbocycles. The molecule has 0 fully saturated rings. The number of aromatic amines is 1. The Morgan fingerprint density at radius 3 is 2.32 bits per heavy atom. The van der Waals surface area contributed by atoms with Crippen LogP contribution in [0.3, 0.4) is 0 Å². The van der Waals surface area contributed by atoms with Crippen molar-refractivity contribution in [1.82, 2.24) is 4.98 Å². The molecule has 19 heavy (non-hydrogen) atoms. The first-order valence-electron chi connectivity index (χ1n) is 6.00. The second kappa shape index (κ2) is 4.55. The van der Waals surface area contributed by atoms with E-state index in [1.807, 2.05) is 54.6 Å². The van der Waals surface area contributed by atoms with Gasteiger partial charge in [-0.2, -0.15) is 0 Å². The summed E-state index contributed by atoms with van der Waals surface area (Å²) in [6.07, 6.45) is 0. The topological polar surface area (TPSA) is 49.9 Å². The van der Waals surface area contributed by atoms with E-state index in [-0.39, 0.29) is 10.8 Å². The largest absolute Gasteiger partial charge is 0.346 e. The van der Waals surface area contributed by atoms with E-state index in [0.717, 1.165) is 16.5 Å². The van der Waals surface area contributed by atoms with Gasteiger partial charge in [0.15, 0.2) is 9.84 Å². The Bertz CT molecular complexity index is 771. The summed E-state index contributed by atoms with van der Waals surface area (Å²) < 4.78 is 24.7. The molecule has 0 aliphatic heterocycles. The Morgan fingerprint density at radius 2 is 1.58 bits per heavy atom. The normalized spacial score (nSPS) is 11.8. The van der Waals surface area contributed by atoms with Crippen LogP contribution in [0.1, 0.15) is 5.56 Å². The van der Waals surface area contributed by atoms with Crippen LogP contribution in [0.25, 0.3) is 10.9 Å². The van der Waals surface area contributed by atoms with Gasteiger partial charge in [-0.15, -0.1) is 0 Å². The van der Waals surface area contributed by atoms with Gasteiger partial charge in [-0.3, -0.25) is 0 Å². The zero-order chi connectivity index (χ0) is 13.3. The highest BCUT2D eigenvalue weighted by Gasteiger charge is 2.17. The van der Waals surface area contributed by atoms with Crippen molar-refractivity contribution < 1.29 is 8.42 Å². The molecular formula is C15H13NO2S. The van der Waals surface area contributed by atoms with E-state index in [0.29, 0.717) is 0 Å². The number of para-hydroxylation sites is 1. The van der Waals surface area contributed by atoms with Crippen LogP contribution in [0.2, 0.25) is 0 Å². The minimum Gasteiger partial charge on any atom is -0.346 e. The van der Waals surface area contributed by atoms with Gasteiger partial charge < -0.3 is 4.98 Å². The molecule has 0 radical (unpaired) electrons. The van der Waals surface area contributed by atoms with Crippen molar-refractivity contribution in [1.29, 1.82) is 0 Å². The van der Waals surface area contributed by atoms with Gasteiger partial charge in [0.2, 0.25) is 0 Å². The first-order chi connectivity index (χ1) is 9.15. The van der Waals surface area contributed by atoms with Gasteiger partial charge in [-0.05, 0) is 17.7 Å². The summed E-state index contributed by atoms with van der Waals surface area (Å²) in [7, 11) is -3.33. The van der Waals surface area contributed by atoms with Gasteiger partial charge in [-0.1, -0.05) is 48.5 Å². The Kier molecular flexibility index (Phi) is 2.87. The number of benzene rings is 2. The lowest BCUT2D eigenvalue weighted by atomic mass is 10.2. The molecule has 3 nitrogen and oxygen atoms in total. The van der Waals surface area contributed by atoms with Crippen molar-refractivity contribution in [3.8, 4) is 0 Å². The average Bonchev–Trinajstić information content (AvgIpc) is 2.84. The summed E-state index contributed by atoms with van der Waals surface area (Å²) >= 11 is 0. The lowest BCUT2D eigenvalue weighted by Crippen LogP contribution is -2.05. The van der Waals surface area contributed by atoms with Crippen LogP contribution in [0.4, 0.5) is 0 Å². The third-order valence-electron chi connectivity index (χ3n) is 3.04. The Hall–Kier alpha value is -2.07. The molecule has 3 aromatic rings. The van der Waals surface area contributed by atoms with Crippen molar-refractivity contribution in [2.75, 3.05) is 0 Å². The summed E-state index contributed by atoms with van der Waals surface area (Å²) in [5.74, 6) is 0.0145. The molecule has 1 aromatic heterocycles. The average molecular weight is 271 g/mol. The molecule has 0 atom stereocenters. The predicted octanol–water partition coefficient (Wildman–Crippen LogP) is 3.14. The van der Waals surface area contributed by atoms with Crippen molar-refractivity contribution in [3.63, 3.8) is 0 Å². The molecule has 0 saturated carbocycles. The molecule has 3 rings (SSSR count). The molecule has 0 aliphatic rings. The summed E-state index contributed by atoms with van der Waals surface area (Å²) in [5, 5.41) is 1.19. The maximum atomic E-state index is 12.3. The van der Waals surface area contributed by atoms with Crippen molar-refractivity contribution >= 4 is 20.7 Å². The van der Waals surface area contributed by atoms with Crippen LogP contribution in [0, 0.1) is 0 Å². The van der Waals surface area contributed by atoms with E-state index in [9.17, 15) is 8.42 Å². The van der Waals surface area contributed by atoms with Crippen molar-refractivity contribution in [2.24, 2.45) is 0 Å². The van der Waals surface area contributed by atoms with Gasteiger partial charge in [0.1, 0.15) is 5.03 Å². The van der Waals surface area contributed by atoms with Gasteiger partial charge >= 0.3 is 0 Å². The quantitative estimate of drug-likeness (QED) is 0.795. The third-order valence-corrected chi connectivity index (χ3v) is 4.64. The minimum atomic E-state index is -3.33. The number of H-pyrrole nitrogens is 1. The van der Waals surface area contributed by atoms with E-state index < -0.39 is 9.84 Å². The predicted molar refractivity (Wildman–Crippen MR) is 75.6 cm³/mol. The number of hydrogen-bond acceptors (Lipinski definition) is 2. The van der Waals surface area contributed by atoms with Crippen LogP contribution < -0.4 is 0 Å². The SMILES string of the molecule is O=S(=O)(Cc1ccccc1)c1cc2ccccc2[nH]1. The maximum absolute atomic E-state index is 12.3. The molecule has 96 valence electrons. The Morgan fingerprint density at radius 1 is 0.895 bits per heavy atom. The fourth-order valence-electron chi connectivity index (χ4n) is 2.09. The second-order valence-electron chi connectivity index (χ2n) is 4.47. The van der Waals surface area contributed by atoms with E-state index in [1.165, 1.54) is 0 Å². The molecule has 1 heterocycles. The second-order valence-corrected chi connectivity index (χ2v) is 6.42. The maximum Gasteiger partial charge on any atom is 0.197 e. The van der Waals surface area contributed by atoms with Crippen molar-refractivity contribution in [2.45, 2.75) is 10.8 Å². The zero-order valence-corrected chi connectivity index (χ0v) is 11.0. The summed E-state index contributed by atoms with van der Waals surface area (Å²) in [6.45, 7) is 0. The highest BCUT2D eigenvalue weighted by molar-refractivity contribution is 7.90. The smallest absolute Gasteiger partial charge is 0.197 e. The Balaban J connectivity index is 2.00. The molecule has 0 bridgehead atoms. The number of hydrogen-bond donors (Lipinski definition) is 1. The highest BCUT2D eigenvalue weighted by atomic mass is 32.2. The van der Waals surface area contributed by atoms with Crippen LogP contribution in [0.5, 0.6) is 0 Å². The lowest BCUT2D eigenvalue weighted by Gasteiger charge is -2.01. The molecular weight excluding hydrogens is 258 g/mol. The highest BCUT2D eigenvalue weighted by Crippen LogP contribution is 2.21. The van der Waals surface area contributed by atoms with Gasteiger partial charge in [0, 0.05) is 10.9 Å². The van der Waals surface area contributed by atoms with E-state index in [1.54, 1.807) is 6.07 Å². The Labute approximate surface area is 111 Å². The van der Waals surface area contributed by atoms with Crippen molar-refractivity contribution in [3.05, 3.63) is 66.2 Å². The molecule has 0 saturated heterocycles. The number of sulfone groups is 1. The molecule has 0 spiro atoms. The van der Waals surface area contributed by atoms with Crippen LogP contribution in [0.15, 0.2) is 65.7 Å². The summed E-state index contributed by atoms with van der Waals surface area (Å²) in [6, 6.07) is 18.4. The summed E-state index contributed by atoms with van der Waals surface area (Å²) in [4.78, 5) is 2.97. The first-order valence-corrected chi connectivity index (χ1v) is 7.65. The van der Waals surface area contributed by atoms with Crippen LogP contribution in [-0.2, 0) is 15.6 Å². The summed E-state index contributed by atoms with van der Waals surface area (Å²) in [5.41, 5.74) is 1.63. The van der Waals surface area contributed by atoms with E-state index >= 15 is 0 Å². The van der Waals surface area contributed by atoms with E-state index in [4.69, 9.17) is 0 Å². The van der Waals surface area contributed by atoms with Gasteiger partial charge in [0.25, 0.3) is 0 Å². The molecule has 1 N–H and O–H groups in total. The fourth-order valence-corrected chi connectivity index (χ4v) is 3.44. The number of fused-ring (bicyclic) bond motifs is 1. The van der Waals surface area contributed by atoms with Gasteiger partial charge in [0.05, 0.1) is 5.75 Å². The fraction of sp³-hybridized carbons (Fsp3) is 0.0667. The monoisotopic (exact) mass is 271 g/mol. The molecule has 0 unspecified atom stereocenters. The van der Waals surface area contributed by atoms with Crippen LogP contribution >= 0.6 is 0 Å². The van der Waals surface area contributed by atoms with Gasteiger partial charge in [-0.25, -0.2) is 8.42 Å². The zero-order valence-electron chi connectivity index (χ0n) is 10.2. The van der Waals surface area contributed by atoms with Crippen LogP contribution in [-0.4, -0.2) is 13.4 Å². The van der Waals surface area contributed by atoms with E-state index in [2.05, 4.69) is 4.98 Å². The number of rotatable bonds is 3. The molecule has 0 amide bonds. The molecule has 2 aromatic carbocycles. The molecule has 4 heteroatoms. The lowest BCUT2D eigenvalue weighted by molar-refractivity contribution is 0.592. The number of nitrogens with one attached hydrogen (secondary N) is 1. The third kappa shape index (κ3) is 2.39. The first kappa shape index (κ1) is 12.0.